The fraction of sp³-hybridized carbons (Fsp3) is 0.455. The molecule has 1 rings (SSSR count). The Kier molecular flexibility index (Phi) is 6.44. The molecule has 0 fully saturated rings. The van der Waals surface area contributed by atoms with Crippen LogP contribution in [0.25, 0.3) is 0 Å². The van der Waals surface area contributed by atoms with Crippen molar-refractivity contribution >= 4 is 23.3 Å². The number of anilines is 1. The average molecular weight is 294 g/mol. The van der Waals surface area contributed by atoms with E-state index in [0.717, 1.165) is 0 Å². The second-order valence-corrected chi connectivity index (χ2v) is 3.91. The molecule has 8 heteroatoms. The standard InChI is InChI=1S/C11H14ClF2N3O2/c1-15-9-3-2-7(12)10(17-9)11(18)16-4-5-19-6-8(13)14/h2-3,8H,4-6H2,1H3,(H,15,17)(H,16,18). The Balaban J connectivity index is 2.45. The predicted octanol–water partition coefficient (Wildman–Crippen LogP) is 1.79. The van der Waals surface area contributed by atoms with Crippen molar-refractivity contribution in [2.45, 2.75) is 6.43 Å². The summed E-state index contributed by atoms with van der Waals surface area (Å²) in [6, 6.07) is 3.17. The Morgan fingerprint density at radius 3 is 2.89 bits per heavy atom. The summed E-state index contributed by atoms with van der Waals surface area (Å²) in [5.74, 6) is 0.0197. The van der Waals surface area contributed by atoms with E-state index in [1.165, 1.54) is 0 Å². The maximum atomic E-state index is 11.8. The lowest BCUT2D eigenvalue weighted by Gasteiger charge is -2.08. The van der Waals surface area contributed by atoms with Gasteiger partial charge in [-0.25, -0.2) is 13.8 Å². The number of nitrogens with zero attached hydrogens (tertiary/aromatic N) is 1. The van der Waals surface area contributed by atoms with Gasteiger partial charge in [0.05, 0.1) is 11.6 Å². The van der Waals surface area contributed by atoms with Gasteiger partial charge in [-0.1, -0.05) is 11.6 Å². The van der Waals surface area contributed by atoms with E-state index in [1.54, 1.807) is 19.2 Å². The van der Waals surface area contributed by atoms with Crippen LogP contribution in [0.3, 0.4) is 0 Å². The lowest BCUT2D eigenvalue weighted by atomic mass is 10.3. The van der Waals surface area contributed by atoms with Crippen LogP contribution in [0.4, 0.5) is 14.6 Å². The van der Waals surface area contributed by atoms with Gasteiger partial charge in [-0.2, -0.15) is 0 Å². The van der Waals surface area contributed by atoms with E-state index in [-0.39, 0.29) is 23.9 Å². The van der Waals surface area contributed by atoms with E-state index in [4.69, 9.17) is 11.6 Å². The Morgan fingerprint density at radius 2 is 2.26 bits per heavy atom. The van der Waals surface area contributed by atoms with Gasteiger partial charge in [0, 0.05) is 13.6 Å². The lowest BCUT2D eigenvalue weighted by Crippen LogP contribution is -2.29. The third kappa shape index (κ3) is 5.35. The maximum Gasteiger partial charge on any atom is 0.271 e. The SMILES string of the molecule is CNc1ccc(Cl)c(C(=O)NCCOCC(F)F)n1. The van der Waals surface area contributed by atoms with Gasteiger partial charge in [0.1, 0.15) is 18.1 Å². The van der Waals surface area contributed by atoms with Crippen molar-refractivity contribution in [3.8, 4) is 0 Å². The highest BCUT2D eigenvalue weighted by Crippen LogP contribution is 2.16. The highest BCUT2D eigenvalue weighted by atomic mass is 35.5. The summed E-state index contributed by atoms with van der Waals surface area (Å²) in [7, 11) is 1.66. The van der Waals surface area contributed by atoms with Crippen LogP contribution in [0.5, 0.6) is 0 Å². The van der Waals surface area contributed by atoms with Gasteiger partial charge in [-0.15, -0.1) is 0 Å². The van der Waals surface area contributed by atoms with Crippen molar-refractivity contribution in [2.24, 2.45) is 0 Å². The summed E-state index contributed by atoms with van der Waals surface area (Å²) in [6.45, 7) is -0.545. The summed E-state index contributed by atoms with van der Waals surface area (Å²) < 4.78 is 28.2. The fourth-order valence-electron chi connectivity index (χ4n) is 1.23. The predicted molar refractivity (Wildman–Crippen MR) is 67.9 cm³/mol. The molecule has 0 bridgehead atoms. The highest BCUT2D eigenvalue weighted by molar-refractivity contribution is 6.33. The highest BCUT2D eigenvalue weighted by Gasteiger charge is 2.12. The van der Waals surface area contributed by atoms with Crippen molar-refractivity contribution in [1.29, 1.82) is 0 Å². The Hall–Kier alpha value is -1.47. The zero-order valence-electron chi connectivity index (χ0n) is 10.3. The first-order valence-electron chi connectivity index (χ1n) is 5.53. The Labute approximate surface area is 114 Å². The van der Waals surface area contributed by atoms with Crippen molar-refractivity contribution < 1.29 is 18.3 Å². The van der Waals surface area contributed by atoms with Gasteiger partial charge in [-0.3, -0.25) is 4.79 Å². The van der Waals surface area contributed by atoms with Crippen molar-refractivity contribution in [3.05, 3.63) is 22.8 Å². The van der Waals surface area contributed by atoms with Crippen LogP contribution in [0, 0.1) is 0 Å². The van der Waals surface area contributed by atoms with Gasteiger partial charge >= 0.3 is 0 Å². The van der Waals surface area contributed by atoms with Gasteiger partial charge in [0.15, 0.2) is 0 Å². The minimum Gasteiger partial charge on any atom is -0.374 e. The molecule has 0 unspecified atom stereocenters. The lowest BCUT2D eigenvalue weighted by molar-refractivity contribution is 0.0188. The quantitative estimate of drug-likeness (QED) is 0.752. The molecule has 0 aliphatic heterocycles. The summed E-state index contributed by atoms with van der Waals surface area (Å²) in [5.41, 5.74) is 0.0716. The number of nitrogens with one attached hydrogen (secondary N) is 2. The van der Waals surface area contributed by atoms with E-state index in [2.05, 4.69) is 20.4 Å². The second kappa shape index (κ2) is 7.85. The third-order valence-electron chi connectivity index (χ3n) is 2.09. The zero-order chi connectivity index (χ0) is 14.3. The van der Waals surface area contributed by atoms with Crippen LogP contribution in [0.2, 0.25) is 5.02 Å². The molecule has 106 valence electrons. The second-order valence-electron chi connectivity index (χ2n) is 3.50. The molecule has 1 aromatic heterocycles. The number of pyridine rings is 1. The van der Waals surface area contributed by atoms with Crippen LogP contribution >= 0.6 is 11.6 Å². The number of ether oxygens (including phenoxy) is 1. The molecule has 0 radical (unpaired) electrons. The van der Waals surface area contributed by atoms with Crippen LogP contribution in [-0.2, 0) is 4.74 Å². The molecule has 0 aliphatic rings. The molecule has 0 aromatic carbocycles. The molecule has 2 N–H and O–H groups in total. The minimum atomic E-state index is -2.51. The van der Waals surface area contributed by atoms with Gasteiger partial charge in [-0.05, 0) is 12.1 Å². The largest absolute Gasteiger partial charge is 0.374 e. The zero-order valence-corrected chi connectivity index (χ0v) is 11.0. The summed E-state index contributed by atoms with van der Waals surface area (Å²) >= 11 is 5.85. The number of amides is 1. The molecule has 0 aliphatic carbocycles. The minimum absolute atomic E-state index is 0.000578. The number of carbonyl (C=O) groups excluding carboxylic acids is 1. The first-order chi connectivity index (χ1) is 9.04. The molecule has 5 nitrogen and oxygen atoms in total. The number of carbonyl (C=O) groups is 1. The number of hydrogen-bond donors (Lipinski definition) is 2. The number of rotatable bonds is 7. The monoisotopic (exact) mass is 293 g/mol. The van der Waals surface area contributed by atoms with Crippen LogP contribution in [0.15, 0.2) is 12.1 Å². The molecule has 1 aromatic rings. The Bertz CT molecular complexity index is 432. The van der Waals surface area contributed by atoms with Crippen LogP contribution < -0.4 is 10.6 Å². The van der Waals surface area contributed by atoms with Gasteiger partial charge in [0.25, 0.3) is 12.3 Å². The molecule has 0 saturated carbocycles. The summed E-state index contributed by atoms with van der Waals surface area (Å²) in [4.78, 5) is 15.7. The van der Waals surface area contributed by atoms with E-state index in [0.29, 0.717) is 5.82 Å². The van der Waals surface area contributed by atoms with Crippen molar-refractivity contribution in [2.75, 3.05) is 32.1 Å². The molecule has 0 saturated heterocycles. The number of halogens is 3. The molecule has 0 spiro atoms. The first-order valence-corrected chi connectivity index (χ1v) is 5.90. The van der Waals surface area contributed by atoms with E-state index in [1.807, 2.05) is 0 Å². The van der Waals surface area contributed by atoms with E-state index in [9.17, 15) is 13.6 Å². The summed E-state index contributed by atoms with van der Waals surface area (Å²) in [5, 5.41) is 5.47. The molecule has 1 amide bonds. The molecular weight excluding hydrogens is 280 g/mol. The van der Waals surface area contributed by atoms with Crippen molar-refractivity contribution in [1.82, 2.24) is 10.3 Å². The smallest absolute Gasteiger partial charge is 0.271 e. The molecule has 0 atom stereocenters. The third-order valence-corrected chi connectivity index (χ3v) is 2.40. The molecule has 19 heavy (non-hydrogen) atoms. The van der Waals surface area contributed by atoms with E-state index < -0.39 is 18.9 Å². The topological polar surface area (TPSA) is 63.2 Å². The number of hydrogen-bond acceptors (Lipinski definition) is 4. The fourth-order valence-corrected chi connectivity index (χ4v) is 1.42. The first kappa shape index (κ1) is 15.6. The number of aromatic nitrogens is 1. The van der Waals surface area contributed by atoms with Crippen LogP contribution in [0.1, 0.15) is 10.5 Å². The Morgan fingerprint density at radius 1 is 1.53 bits per heavy atom. The summed E-state index contributed by atoms with van der Waals surface area (Å²) in [6.07, 6.45) is -2.51. The maximum absolute atomic E-state index is 11.8. The number of alkyl halides is 2. The molecule has 1 heterocycles. The van der Waals surface area contributed by atoms with Crippen LogP contribution in [-0.4, -0.2) is 44.1 Å². The normalized spacial score (nSPS) is 10.6. The average Bonchev–Trinajstić information content (AvgIpc) is 2.38. The molecular formula is C11H14ClF2N3O2. The van der Waals surface area contributed by atoms with Crippen molar-refractivity contribution in [3.63, 3.8) is 0 Å². The van der Waals surface area contributed by atoms with E-state index >= 15 is 0 Å². The van der Waals surface area contributed by atoms with Gasteiger partial charge in [0.2, 0.25) is 0 Å². The van der Waals surface area contributed by atoms with Gasteiger partial charge < -0.3 is 15.4 Å².